The molecule has 1 aliphatic rings. The maximum atomic E-state index is 12.9. The second-order valence-corrected chi connectivity index (χ2v) is 7.75. The van der Waals surface area contributed by atoms with E-state index >= 15 is 0 Å². The Kier molecular flexibility index (Phi) is 7.31. The van der Waals surface area contributed by atoms with Crippen molar-refractivity contribution in [1.29, 1.82) is 0 Å². The first-order chi connectivity index (χ1) is 15.4. The summed E-state index contributed by atoms with van der Waals surface area (Å²) in [5.74, 6) is -0.239. The number of piperidine rings is 1. The monoisotopic (exact) mass is 468 g/mol. The molecule has 2 N–H and O–H groups in total. The van der Waals surface area contributed by atoms with E-state index in [1.165, 1.54) is 42.5 Å². The topological polar surface area (TPSA) is 46.3 Å². The Morgan fingerprint density at radius 1 is 0.818 bits per heavy atom. The lowest BCUT2D eigenvalue weighted by Crippen LogP contribution is -2.42. The average Bonchev–Trinajstić information content (AvgIpc) is 2.76. The van der Waals surface area contributed by atoms with E-state index in [4.69, 9.17) is 5.73 Å². The van der Waals surface area contributed by atoms with E-state index in [0.717, 1.165) is 24.3 Å². The lowest BCUT2D eigenvalue weighted by Gasteiger charge is -2.29. The smallest absolute Gasteiger partial charge is 0.339 e. The van der Waals surface area contributed by atoms with Crippen LogP contribution in [0.3, 0.4) is 0 Å². The van der Waals surface area contributed by atoms with Gasteiger partial charge in [-0.1, -0.05) is 36.4 Å². The van der Waals surface area contributed by atoms with Crippen molar-refractivity contribution in [3.63, 3.8) is 0 Å². The molecule has 2 aromatic carbocycles. The first-order valence-corrected chi connectivity index (χ1v) is 10.2. The largest absolute Gasteiger partial charge is 0.416 e. The highest BCUT2D eigenvalue weighted by Gasteiger charge is 2.31. The minimum absolute atomic E-state index is 0.0591. The predicted molar refractivity (Wildman–Crippen MR) is 113 cm³/mol. The molecule has 3 nitrogen and oxygen atoms in total. The van der Waals surface area contributed by atoms with Gasteiger partial charge in [0.2, 0.25) is 5.91 Å². The van der Waals surface area contributed by atoms with Crippen LogP contribution < -0.4 is 5.73 Å². The number of carbonyl (C=O) groups excluding carboxylic acids is 1. The molecule has 1 fully saturated rings. The van der Waals surface area contributed by atoms with E-state index in [9.17, 15) is 31.1 Å². The van der Waals surface area contributed by atoms with Crippen LogP contribution in [0.15, 0.2) is 66.8 Å². The molecular formula is C24H22F6N2O. The Labute approximate surface area is 187 Å². The number of allylic oxidation sites excluding steroid dienone is 2. The maximum absolute atomic E-state index is 12.9. The molecule has 0 aromatic heterocycles. The van der Waals surface area contributed by atoms with Crippen molar-refractivity contribution in [3.05, 3.63) is 89.0 Å². The van der Waals surface area contributed by atoms with Crippen molar-refractivity contribution in [2.75, 3.05) is 13.1 Å². The summed E-state index contributed by atoms with van der Waals surface area (Å²) in [7, 11) is 0. The maximum Gasteiger partial charge on any atom is 0.416 e. The first-order valence-electron chi connectivity index (χ1n) is 10.2. The highest BCUT2D eigenvalue weighted by atomic mass is 19.4. The fourth-order valence-corrected chi connectivity index (χ4v) is 3.49. The zero-order valence-electron chi connectivity index (χ0n) is 17.5. The summed E-state index contributed by atoms with van der Waals surface area (Å²) in [5.41, 5.74) is 5.26. The van der Waals surface area contributed by atoms with Crippen molar-refractivity contribution >= 4 is 11.5 Å². The molecule has 0 atom stereocenters. The second-order valence-electron chi connectivity index (χ2n) is 7.75. The molecule has 0 unspecified atom stereocenters. The number of amides is 1. The minimum atomic E-state index is -4.51. The van der Waals surface area contributed by atoms with Gasteiger partial charge in [-0.2, -0.15) is 26.3 Å². The molecular weight excluding hydrogens is 446 g/mol. The molecule has 176 valence electrons. The predicted octanol–water partition coefficient (Wildman–Crippen LogP) is 5.66. The van der Waals surface area contributed by atoms with Crippen LogP contribution in [0, 0.1) is 0 Å². The van der Waals surface area contributed by atoms with Crippen LogP contribution in [-0.2, 0) is 17.1 Å². The third kappa shape index (κ3) is 6.47. The molecule has 0 spiro atoms. The van der Waals surface area contributed by atoms with Crippen LogP contribution in [0.4, 0.5) is 26.3 Å². The summed E-state index contributed by atoms with van der Waals surface area (Å²) < 4.78 is 77.5. The van der Waals surface area contributed by atoms with Gasteiger partial charge in [-0.25, -0.2) is 0 Å². The average molecular weight is 468 g/mol. The number of benzene rings is 2. The highest BCUT2D eigenvalue weighted by molar-refractivity contribution is 5.89. The number of nitrogens with zero attached hydrogens (tertiary/aromatic N) is 1. The molecule has 1 heterocycles. The van der Waals surface area contributed by atoms with E-state index in [1.54, 1.807) is 4.90 Å². The van der Waals surface area contributed by atoms with Gasteiger partial charge in [0.15, 0.2) is 0 Å². The van der Waals surface area contributed by atoms with E-state index in [1.807, 2.05) is 0 Å². The van der Waals surface area contributed by atoms with Crippen molar-refractivity contribution < 1.29 is 31.1 Å². The number of alkyl halides is 6. The van der Waals surface area contributed by atoms with Gasteiger partial charge in [-0.15, -0.1) is 0 Å². The van der Waals surface area contributed by atoms with Crippen LogP contribution in [0.2, 0.25) is 0 Å². The third-order valence-electron chi connectivity index (χ3n) is 5.40. The quantitative estimate of drug-likeness (QED) is 0.358. The number of hydrogen-bond donors (Lipinski definition) is 1. The fourth-order valence-electron chi connectivity index (χ4n) is 3.49. The molecule has 33 heavy (non-hydrogen) atoms. The molecule has 1 saturated heterocycles. The summed E-state index contributed by atoms with van der Waals surface area (Å²) in [4.78, 5) is 14.0. The lowest BCUT2D eigenvalue weighted by molar-refractivity contribution is -0.138. The summed E-state index contributed by atoms with van der Waals surface area (Å²) in [6, 6.07) is 8.64. The summed E-state index contributed by atoms with van der Waals surface area (Å²) >= 11 is 0. The number of likely N-dealkylation sites (tertiary alicyclic amines) is 1. The molecule has 1 amide bonds. The summed E-state index contributed by atoms with van der Waals surface area (Å²) in [6.07, 6.45) is -3.37. The molecule has 2 aromatic rings. The van der Waals surface area contributed by atoms with Crippen LogP contribution in [0.5, 0.6) is 0 Å². The number of hydrogen-bond acceptors (Lipinski definition) is 2. The molecule has 1 aliphatic heterocycles. The lowest BCUT2D eigenvalue weighted by atomic mass is 9.95. The molecule has 0 saturated carbocycles. The molecule has 0 bridgehead atoms. The normalized spacial score (nSPS) is 15.7. The Morgan fingerprint density at radius 3 is 1.64 bits per heavy atom. The Balaban J connectivity index is 1.90. The molecule has 0 aliphatic carbocycles. The molecule has 9 heteroatoms. The highest BCUT2D eigenvalue weighted by Crippen LogP contribution is 2.33. The first kappa shape index (κ1) is 24.6. The number of nitrogens with two attached hydrogens (primary N) is 1. The Hall–Kier alpha value is -3.07. The van der Waals surface area contributed by atoms with Gasteiger partial charge in [-0.05, 0) is 53.8 Å². The van der Waals surface area contributed by atoms with Gasteiger partial charge < -0.3 is 10.6 Å². The van der Waals surface area contributed by atoms with Gasteiger partial charge in [-0.3, -0.25) is 4.79 Å². The number of halogens is 6. The van der Waals surface area contributed by atoms with Crippen LogP contribution in [-0.4, -0.2) is 29.9 Å². The van der Waals surface area contributed by atoms with Crippen LogP contribution >= 0.6 is 0 Å². The summed E-state index contributed by atoms with van der Waals surface area (Å²) in [5, 5.41) is 0. The molecule has 3 rings (SSSR count). The number of carbonyl (C=O) groups is 1. The van der Waals surface area contributed by atoms with Crippen molar-refractivity contribution in [1.82, 2.24) is 4.90 Å². The van der Waals surface area contributed by atoms with Gasteiger partial charge >= 0.3 is 12.4 Å². The Bertz CT molecular complexity index is 953. The van der Waals surface area contributed by atoms with Crippen molar-refractivity contribution in [2.24, 2.45) is 5.73 Å². The van der Waals surface area contributed by atoms with Crippen LogP contribution in [0.25, 0.3) is 5.57 Å². The van der Waals surface area contributed by atoms with Crippen molar-refractivity contribution in [3.8, 4) is 0 Å². The SMILES string of the molecule is NC1CCN(C(=O)C=CC=C(c2ccc(C(F)(F)F)cc2)c2ccc(C(F)(F)F)cc2)CC1. The van der Waals surface area contributed by atoms with E-state index in [-0.39, 0.29) is 11.9 Å². The van der Waals surface area contributed by atoms with Gasteiger partial charge in [0.05, 0.1) is 11.1 Å². The zero-order valence-corrected chi connectivity index (χ0v) is 17.5. The zero-order chi connectivity index (χ0) is 24.2. The third-order valence-corrected chi connectivity index (χ3v) is 5.40. The molecule has 0 radical (unpaired) electrons. The van der Waals surface area contributed by atoms with E-state index < -0.39 is 23.5 Å². The fraction of sp³-hybridized carbons (Fsp3) is 0.292. The standard InChI is InChI=1S/C24H22F6N2O/c25-23(26,27)18-8-4-16(5-9-18)21(17-6-10-19(11-7-17)24(28,29)30)2-1-3-22(33)32-14-12-20(31)13-15-32/h1-11,20H,12-15,31H2. The van der Waals surface area contributed by atoms with Crippen LogP contribution in [0.1, 0.15) is 35.1 Å². The number of rotatable bonds is 4. The van der Waals surface area contributed by atoms with E-state index in [2.05, 4.69) is 0 Å². The van der Waals surface area contributed by atoms with Crippen molar-refractivity contribution in [2.45, 2.75) is 31.2 Å². The Morgan fingerprint density at radius 2 is 1.24 bits per heavy atom. The summed E-state index contributed by atoms with van der Waals surface area (Å²) in [6.45, 7) is 1.05. The van der Waals surface area contributed by atoms with Gasteiger partial charge in [0.1, 0.15) is 0 Å². The second kappa shape index (κ2) is 9.82. The van der Waals surface area contributed by atoms with Gasteiger partial charge in [0, 0.05) is 25.2 Å². The van der Waals surface area contributed by atoms with E-state index in [0.29, 0.717) is 42.6 Å². The minimum Gasteiger partial charge on any atom is -0.339 e. The van der Waals surface area contributed by atoms with Gasteiger partial charge in [0.25, 0.3) is 0 Å².